The van der Waals surface area contributed by atoms with Crippen LogP contribution in [0, 0.1) is 32.6 Å². The van der Waals surface area contributed by atoms with E-state index in [2.05, 4.69) is 39.8 Å². The Balaban J connectivity index is 2.27. The van der Waals surface area contributed by atoms with E-state index in [0.717, 1.165) is 19.6 Å². The fourth-order valence-corrected chi connectivity index (χ4v) is 3.00. The normalized spacial score (nSPS) is 26.1. The van der Waals surface area contributed by atoms with E-state index >= 15 is 0 Å². The highest BCUT2D eigenvalue weighted by atomic mass is 16.5. The van der Waals surface area contributed by atoms with Crippen LogP contribution in [0.15, 0.2) is 12.1 Å². The second-order valence-electron chi connectivity index (χ2n) is 5.82. The van der Waals surface area contributed by atoms with E-state index in [9.17, 15) is 0 Å². The Bertz CT molecular complexity index is 427. The predicted octanol–water partition coefficient (Wildman–Crippen LogP) is 3.28. The topological polar surface area (TPSA) is 35.2 Å². The number of hydrogen-bond acceptors (Lipinski definition) is 2. The first-order chi connectivity index (χ1) is 8.50. The maximum atomic E-state index is 6.52. The van der Waals surface area contributed by atoms with Crippen molar-refractivity contribution in [1.82, 2.24) is 0 Å². The van der Waals surface area contributed by atoms with Crippen molar-refractivity contribution in [1.29, 1.82) is 0 Å². The molecule has 0 radical (unpaired) electrons. The van der Waals surface area contributed by atoms with Gasteiger partial charge in [0.25, 0.3) is 0 Å². The largest absolute Gasteiger partial charge is 0.381 e. The summed E-state index contributed by atoms with van der Waals surface area (Å²) in [6, 6.07) is 4.68. The van der Waals surface area contributed by atoms with Crippen LogP contribution in [0.3, 0.4) is 0 Å². The van der Waals surface area contributed by atoms with Crippen LogP contribution in [0.1, 0.15) is 41.6 Å². The highest BCUT2D eigenvalue weighted by Gasteiger charge is 2.29. The Morgan fingerprint density at radius 2 is 1.83 bits per heavy atom. The lowest BCUT2D eigenvalue weighted by Gasteiger charge is -2.34. The second kappa shape index (κ2) is 5.41. The summed E-state index contributed by atoms with van der Waals surface area (Å²) in [5.41, 5.74) is 11.9. The van der Waals surface area contributed by atoms with Crippen LogP contribution in [0.5, 0.6) is 0 Å². The lowest BCUT2D eigenvalue weighted by atomic mass is 9.79. The molecule has 1 saturated heterocycles. The molecular formula is C16H25NO. The second-order valence-corrected chi connectivity index (χ2v) is 5.82. The number of ether oxygens (including phenoxy) is 1. The lowest BCUT2D eigenvalue weighted by molar-refractivity contribution is 0.0154. The molecule has 1 aliphatic rings. The molecule has 0 spiro atoms. The van der Waals surface area contributed by atoms with E-state index in [1.807, 2.05) is 0 Å². The van der Waals surface area contributed by atoms with E-state index in [-0.39, 0.29) is 6.04 Å². The standard InChI is InChI=1S/C16H25NO/c1-10-7-12(3)15(8-11(10)2)16(17)14-5-6-18-9-13(14)4/h7-8,13-14,16H,5-6,9,17H2,1-4H3. The lowest BCUT2D eigenvalue weighted by Crippen LogP contribution is -2.34. The zero-order valence-corrected chi connectivity index (χ0v) is 12.0. The van der Waals surface area contributed by atoms with Gasteiger partial charge >= 0.3 is 0 Å². The van der Waals surface area contributed by atoms with Crippen LogP contribution in [0.25, 0.3) is 0 Å². The number of aryl methyl sites for hydroxylation is 3. The van der Waals surface area contributed by atoms with Gasteiger partial charge in [-0.3, -0.25) is 0 Å². The van der Waals surface area contributed by atoms with Crippen LogP contribution >= 0.6 is 0 Å². The maximum Gasteiger partial charge on any atom is 0.0494 e. The summed E-state index contributed by atoms with van der Waals surface area (Å²) in [5.74, 6) is 1.09. The Morgan fingerprint density at radius 3 is 2.50 bits per heavy atom. The molecule has 1 heterocycles. The Morgan fingerprint density at radius 1 is 1.17 bits per heavy atom. The van der Waals surface area contributed by atoms with Crippen molar-refractivity contribution in [3.63, 3.8) is 0 Å². The molecule has 1 aliphatic heterocycles. The quantitative estimate of drug-likeness (QED) is 0.870. The maximum absolute atomic E-state index is 6.52. The smallest absolute Gasteiger partial charge is 0.0494 e. The van der Waals surface area contributed by atoms with Crippen molar-refractivity contribution in [2.24, 2.45) is 17.6 Å². The van der Waals surface area contributed by atoms with Gasteiger partial charge in [0.15, 0.2) is 0 Å². The van der Waals surface area contributed by atoms with Crippen molar-refractivity contribution in [2.45, 2.75) is 40.2 Å². The summed E-state index contributed by atoms with van der Waals surface area (Å²) in [6.45, 7) is 10.5. The number of rotatable bonds is 2. The molecule has 0 saturated carbocycles. The molecule has 0 amide bonds. The molecular weight excluding hydrogens is 222 g/mol. The summed E-state index contributed by atoms with van der Waals surface area (Å²) in [6.07, 6.45) is 1.08. The van der Waals surface area contributed by atoms with Crippen molar-refractivity contribution >= 4 is 0 Å². The molecule has 1 aromatic carbocycles. The van der Waals surface area contributed by atoms with Crippen molar-refractivity contribution in [3.8, 4) is 0 Å². The fourth-order valence-electron chi connectivity index (χ4n) is 3.00. The molecule has 3 unspecified atom stereocenters. The van der Waals surface area contributed by atoms with Crippen molar-refractivity contribution < 1.29 is 4.74 Å². The summed E-state index contributed by atoms with van der Waals surface area (Å²) >= 11 is 0. The molecule has 2 rings (SSSR count). The molecule has 2 N–H and O–H groups in total. The van der Waals surface area contributed by atoms with Gasteiger partial charge in [-0.2, -0.15) is 0 Å². The van der Waals surface area contributed by atoms with Gasteiger partial charge in [-0.15, -0.1) is 0 Å². The Kier molecular flexibility index (Phi) is 4.08. The molecule has 3 atom stereocenters. The highest BCUT2D eigenvalue weighted by Crippen LogP contribution is 2.34. The molecule has 0 aromatic heterocycles. The molecule has 100 valence electrons. The Hall–Kier alpha value is -0.860. The van der Waals surface area contributed by atoms with Crippen LogP contribution in [-0.2, 0) is 4.74 Å². The summed E-state index contributed by atoms with van der Waals surface area (Å²) in [5, 5.41) is 0. The molecule has 0 bridgehead atoms. The molecule has 2 nitrogen and oxygen atoms in total. The Labute approximate surface area is 111 Å². The number of benzene rings is 1. The minimum absolute atomic E-state index is 0.142. The predicted molar refractivity (Wildman–Crippen MR) is 75.7 cm³/mol. The van der Waals surface area contributed by atoms with E-state index in [1.54, 1.807) is 0 Å². The zero-order valence-electron chi connectivity index (χ0n) is 12.0. The van der Waals surface area contributed by atoms with E-state index < -0.39 is 0 Å². The third-order valence-corrected chi connectivity index (χ3v) is 4.41. The molecule has 18 heavy (non-hydrogen) atoms. The molecule has 0 aliphatic carbocycles. The summed E-state index contributed by atoms with van der Waals surface area (Å²) < 4.78 is 5.52. The minimum Gasteiger partial charge on any atom is -0.381 e. The molecule has 1 fully saturated rings. The van der Waals surface area contributed by atoms with Crippen LogP contribution in [0.4, 0.5) is 0 Å². The van der Waals surface area contributed by atoms with Crippen molar-refractivity contribution in [3.05, 3.63) is 34.4 Å². The van der Waals surface area contributed by atoms with Gasteiger partial charge in [-0.1, -0.05) is 19.1 Å². The third kappa shape index (κ3) is 2.60. The van der Waals surface area contributed by atoms with Crippen molar-refractivity contribution in [2.75, 3.05) is 13.2 Å². The van der Waals surface area contributed by atoms with Gasteiger partial charge in [0.2, 0.25) is 0 Å². The molecule has 2 heteroatoms. The summed E-state index contributed by atoms with van der Waals surface area (Å²) in [7, 11) is 0. The first kappa shape index (κ1) is 13.6. The van der Waals surface area contributed by atoms with Gasteiger partial charge in [-0.25, -0.2) is 0 Å². The molecule has 1 aromatic rings. The SMILES string of the molecule is Cc1cc(C)c(C(N)C2CCOCC2C)cc1C. The first-order valence-corrected chi connectivity index (χ1v) is 6.91. The minimum atomic E-state index is 0.142. The summed E-state index contributed by atoms with van der Waals surface area (Å²) in [4.78, 5) is 0. The van der Waals surface area contributed by atoms with Gasteiger partial charge in [-0.05, 0) is 61.3 Å². The monoisotopic (exact) mass is 247 g/mol. The van der Waals surface area contributed by atoms with E-state index in [0.29, 0.717) is 11.8 Å². The first-order valence-electron chi connectivity index (χ1n) is 6.91. The van der Waals surface area contributed by atoms with Gasteiger partial charge in [0, 0.05) is 19.3 Å². The average molecular weight is 247 g/mol. The zero-order chi connectivity index (χ0) is 13.3. The van der Waals surface area contributed by atoms with Gasteiger partial charge in [0.05, 0.1) is 0 Å². The van der Waals surface area contributed by atoms with Crippen LogP contribution < -0.4 is 5.73 Å². The number of hydrogen-bond donors (Lipinski definition) is 1. The highest BCUT2D eigenvalue weighted by molar-refractivity contribution is 5.38. The van der Waals surface area contributed by atoms with Crippen LogP contribution in [-0.4, -0.2) is 13.2 Å². The van der Waals surface area contributed by atoms with E-state index in [1.165, 1.54) is 22.3 Å². The third-order valence-electron chi connectivity index (χ3n) is 4.41. The fraction of sp³-hybridized carbons (Fsp3) is 0.625. The van der Waals surface area contributed by atoms with E-state index in [4.69, 9.17) is 10.5 Å². The average Bonchev–Trinajstić information content (AvgIpc) is 2.33. The van der Waals surface area contributed by atoms with Gasteiger partial charge < -0.3 is 10.5 Å². The number of nitrogens with two attached hydrogens (primary N) is 1. The van der Waals surface area contributed by atoms with Crippen LogP contribution in [0.2, 0.25) is 0 Å². The van der Waals surface area contributed by atoms with Gasteiger partial charge in [0.1, 0.15) is 0 Å².